The van der Waals surface area contributed by atoms with Crippen molar-refractivity contribution in [2.45, 2.75) is 12.5 Å². The molecule has 4 nitrogen and oxygen atoms in total. The molecule has 0 aliphatic rings. The number of rotatable bonds is 4. The van der Waals surface area contributed by atoms with Crippen LogP contribution in [0.4, 0.5) is 5.69 Å². The van der Waals surface area contributed by atoms with Gasteiger partial charge in [0, 0.05) is 15.7 Å². The topological polar surface area (TPSA) is 69.6 Å². The smallest absolute Gasteiger partial charge is 0.337 e. The van der Waals surface area contributed by atoms with Crippen LogP contribution in [0.1, 0.15) is 6.92 Å². The number of anilines is 1. The van der Waals surface area contributed by atoms with Gasteiger partial charge in [0.25, 0.3) is 0 Å². The molecule has 0 fully saturated rings. The van der Waals surface area contributed by atoms with Gasteiger partial charge in [0.2, 0.25) is 0 Å². The molecule has 0 radical (unpaired) electrons. The molecule has 0 aliphatic heterocycles. The largest absolute Gasteiger partial charge is 0.479 e. The van der Waals surface area contributed by atoms with Gasteiger partial charge < -0.3 is 15.5 Å². The van der Waals surface area contributed by atoms with E-state index in [9.17, 15) is 9.90 Å². The summed E-state index contributed by atoms with van der Waals surface area (Å²) in [6.45, 7) is 1.06. The van der Waals surface area contributed by atoms with E-state index >= 15 is 0 Å². The van der Waals surface area contributed by atoms with Crippen molar-refractivity contribution in [1.82, 2.24) is 0 Å². The van der Waals surface area contributed by atoms with Crippen LogP contribution in [0.3, 0.4) is 0 Å². The molecule has 1 atom stereocenters. The Hall–Kier alpha value is -0.970. The van der Waals surface area contributed by atoms with Gasteiger partial charge in [-0.1, -0.05) is 23.2 Å². The van der Waals surface area contributed by atoms with Gasteiger partial charge in [-0.2, -0.15) is 0 Å². The maximum atomic E-state index is 10.6. The molecule has 0 amide bonds. The van der Waals surface area contributed by atoms with Gasteiger partial charge in [0.05, 0.1) is 6.54 Å². The Labute approximate surface area is 103 Å². The average molecular weight is 264 g/mol. The van der Waals surface area contributed by atoms with Crippen molar-refractivity contribution in [1.29, 1.82) is 0 Å². The van der Waals surface area contributed by atoms with Gasteiger partial charge in [-0.05, 0) is 25.1 Å². The number of hydrogen-bond donors (Lipinski definition) is 3. The van der Waals surface area contributed by atoms with E-state index in [1.54, 1.807) is 18.2 Å². The Morgan fingerprint density at radius 3 is 2.31 bits per heavy atom. The molecule has 16 heavy (non-hydrogen) atoms. The third kappa shape index (κ3) is 3.56. The van der Waals surface area contributed by atoms with Crippen LogP contribution < -0.4 is 5.32 Å². The summed E-state index contributed by atoms with van der Waals surface area (Å²) in [5, 5.41) is 21.8. The molecule has 0 aliphatic carbocycles. The Kier molecular flexibility index (Phi) is 4.02. The quantitative estimate of drug-likeness (QED) is 0.780. The number of carboxylic acids is 1. The monoisotopic (exact) mass is 263 g/mol. The van der Waals surface area contributed by atoms with Crippen molar-refractivity contribution in [2.75, 3.05) is 11.9 Å². The Balaban J connectivity index is 2.71. The average Bonchev–Trinajstić information content (AvgIpc) is 2.13. The second-order valence-electron chi connectivity index (χ2n) is 3.59. The van der Waals surface area contributed by atoms with E-state index in [4.69, 9.17) is 28.3 Å². The molecule has 0 spiro atoms. The van der Waals surface area contributed by atoms with E-state index in [0.29, 0.717) is 15.7 Å². The minimum atomic E-state index is -1.84. The molecular weight excluding hydrogens is 253 g/mol. The molecule has 1 unspecified atom stereocenters. The van der Waals surface area contributed by atoms with Gasteiger partial charge in [0.1, 0.15) is 0 Å². The summed E-state index contributed by atoms with van der Waals surface area (Å²) in [5.41, 5.74) is -1.28. The van der Waals surface area contributed by atoms with Crippen molar-refractivity contribution in [3.63, 3.8) is 0 Å². The highest BCUT2D eigenvalue weighted by molar-refractivity contribution is 6.35. The summed E-state index contributed by atoms with van der Waals surface area (Å²) in [5.74, 6) is -1.30. The van der Waals surface area contributed by atoms with Crippen molar-refractivity contribution < 1.29 is 15.0 Å². The highest BCUT2D eigenvalue weighted by Crippen LogP contribution is 2.22. The highest BCUT2D eigenvalue weighted by Gasteiger charge is 2.29. The Morgan fingerprint density at radius 1 is 1.38 bits per heavy atom. The summed E-state index contributed by atoms with van der Waals surface area (Å²) >= 11 is 11.5. The van der Waals surface area contributed by atoms with Gasteiger partial charge >= 0.3 is 5.97 Å². The normalized spacial score (nSPS) is 14.2. The second kappa shape index (κ2) is 4.91. The number of nitrogens with one attached hydrogen (secondary N) is 1. The first-order valence-electron chi connectivity index (χ1n) is 4.47. The first kappa shape index (κ1) is 13.1. The number of aliphatic carboxylic acids is 1. The zero-order valence-corrected chi connectivity index (χ0v) is 10.0. The predicted molar refractivity (Wildman–Crippen MR) is 63.2 cm³/mol. The SMILES string of the molecule is CC(O)(CNc1cc(Cl)cc(Cl)c1)C(=O)O. The van der Waals surface area contributed by atoms with Crippen LogP contribution in [0.15, 0.2) is 18.2 Å². The van der Waals surface area contributed by atoms with Gasteiger partial charge in [-0.3, -0.25) is 0 Å². The summed E-state index contributed by atoms with van der Waals surface area (Å²) in [6.07, 6.45) is 0. The molecule has 0 aromatic heterocycles. The van der Waals surface area contributed by atoms with Crippen LogP contribution in [0.25, 0.3) is 0 Å². The fraction of sp³-hybridized carbons (Fsp3) is 0.300. The number of halogens is 2. The maximum Gasteiger partial charge on any atom is 0.337 e. The molecular formula is C10H11Cl2NO3. The van der Waals surface area contributed by atoms with Gasteiger partial charge in [0.15, 0.2) is 5.60 Å². The van der Waals surface area contributed by atoms with E-state index in [1.165, 1.54) is 6.92 Å². The van der Waals surface area contributed by atoms with Crippen molar-refractivity contribution in [3.8, 4) is 0 Å². The maximum absolute atomic E-state index is 10.6. The molecule has 1 aromatic carbocycles. The van der Waals surface area contributed by atoms with Crippen LogP contribution in [-0.4, -0.2) is 28.3 Å². The zero-order valence-electron chi connectivity index (χ0n) is 8.50. The molecule has 0 saturated carbocycles. The molecule has 88 valence electrons. The minimum Gasteiger partial charge on any atom is -0.479 e. The second-order valence-corrected chi connectivity index (χ2v) is 4.46. The van der Waals surface area contributed by atoms with E-state index < -0.39 is 11.6 Å². The first-order chi connectivity index (χ1) is 7.31. The summed E-state index contributed by atoms with van der Waals surface area (Å²) in [4.78, 5) is 10.6. The lowest BCUT2D eigenvalue weighted by Gasteiger charge is -2.19. The number of aliphatic hydroxyl groups is 1. The van der Waals surface area contributed by atoms with Crippen LogP contribution in [0.2, 0.25) is 10.0 Å². The molecule has 6 heteroatoms. The molecule has 0 heterocycles. The zero-order chi connectivity index (χ0) is 12.3. The van der Waals surface area contributed by atoms with Crippen LogP contribution >= 0.6 is 23.2 Å². The standard InChI is InChI=1S/C10H11Cl2NO3/c1-10(16,9(14)15)5-13-8-3-6(11)2-7(12)4-8/h2-4,13,16H,5H2,1H3,(H,14,15). The van der Waals surface area contributed by atoms with E-state index in [0.717, 1.165) is 0 Å². The summed E-state index contributed by atoms with van der Waals surface area (Å²) in [7, 11) is 0. The fourth-order valence-corrected chi connectivity index (χ4v) is 1.53. The molecule has 0 bridgehead atoms. The predicted octanol–water partition coefficient (Wildman–Crippen LogP) is 2.24. The van der Waals surface area contributed by atoms with Crippen LogP contribution in [0, 0.1) is 0 Å². The molecule has 1 aromatic rings. The third-order valence-electron chi connectivity index (χ3n) is 1.96. The van der Waals surface area contributed by atoms with Crippen molar-refractivity contribution in [3.05, 3.63) is 28.2 Å². The fourth-order valence-electron chi connectivity index (χ4n) is 1.01. The molecule has 0 saturated heterocycles. The van der Waals surface area contributed by atoms with Crippen molar-refractivity contribution >= 4 is 34.9 Å². The van der Waals surface area contributed by atoms with Crippen molar-refractivity contribution in [2.24, 2.45) is 0 Å². The van der Waals surface area contributed by atoms with E-state index in [-0.39, 0.29) is 6.54 Å². The highest BCUT2D eigenvalue weighted by atomic mass is 35.5. The first-order valence-corrected chi connectivity index (χ1v) is 5.22. The van der Waals surface area contributed by atoms with Crippen LogP contribution in [0.5, 0.6) is 0 Å². The van der Waals surface area contributed by atoms with Crippen LogP contribution in [-0.2, 0) is 4.79 Å². The van der Waals surface area contributed by atoms with Gasteiger partial charge in [-0.15, -0.1) is 0 Å². The lowest BCUT2D eigenvalue weighted by molar-refractivity contribution is -0.155. The van der Waals surface area contributed by atoms with Gasteiger partial charge in [-0.25, -0.2) is 4.79 Å². The molecule has 1 rings (SSSR count). The summed E-state index contributed by atoms with van der Waals surface area (Å²) in [6, 6.07) is 4.74. The lowest BCUT2D eigenvalue weighted by Crippen LogP contribution is -2.41. The third-order valence-corrected chi connectivity index (χ3v) is 2.40. The number of carbonyl (C=O) groups is 1. The summed E-state index contributed by atoms with van der Waals surface area (Å²) < 4.78 is 0. The number of carboxylic acid groups (broad SMARTS) is 1. The van der Waals surface area contributed by atoms with E-state index in [1.807, 2.05) is 0 Å². The Bertz CT molecular complexity index is 387. The van der Waals surface area contributed by atoms with E-state index in [2.05, 4.69) is 5.32 Å². The number of hydrogen-bond acceptors (Lipinski definition) is 3. The number of benzene rings is 1. The molecule has 3 N–H and O–H groups in total. The minimum absolute atomic E-state index is 0.140. The lowest BCUT2D eigenvalue weighted by atomic mass is 10.1. The Morgan fingerprint density at radius 2 is 1.88 bits per heavy atom.